The Labute approximate surface area is 106 Å². The zero-order valence-electron chi connectivity index (χ0n) is 10.3. The quantitative estimate of drug-likeness (QED) is 0.739. The molecule has 1 atom stereocenters. The lowest BCUT2D eigenvalue weighted by Crippen LogP contribution is -2.55. The van der Waals surface area contributed by atoms with Gasteiger partial charge in [0.05, 0.1) is 24.4 Å². The molecule has 96 valence electrons. The number of hydrogen-bond acceptors (Lipinski definition) is 5. The maximum Gasteiger partial charge on any atom is 0.337 e. The van der Waals surface area contributed by atoms with Crippen molar-refractivity contribution < 1.29 is 14.3 Å². The van der Waals surface area contributed by atoms with Crippen molar-refractivity contribution in [3.05, 3.63) is 23.8 Å². The summed E-state index contributed by atoms with van der Waals surface area (Å²) in [6, 6.07) is 5.88. The maximum atomic E-state index is 11.5. The molecule has 2 heterocycles. The lowest BCUT2D eigenvalue weighted by atomic mass is 10.1. The molecule has 2 aliphatic rings. The highest BCUT2D eigenvalue weighted by Gasteiger charge is 2.30. The molecular weight excluding hydrogens is 232 g/mol. The molecule has 0 spiro atoms. The molecule has 0 aromatic heterocycles. The van der Waals surface area contributed by atoms with Crippen LogP contribution in [0, 0.1) is 0 Å². The third kappa shape index (κ3) is 1.80. The van der Waals surface area contributed by atoms with Crippen LogP contribution in [-0.2, 0) is 4.74 Å². The number of ether oxygens (including phenoxy) is 2. The molecule has 0 aliphatic carbocycles. The molecule has 1 aromatic carbocycles. The molecule has 1 saturated heterocycles. The SMILES string of the molecule is COC(=O)c1ccc2c(c1)OC[C@@H]1CNCCN21. The minimum Gasteiger partial charge on any atom is -0.489 e. The Hall–Kier alpha value is -1.75. The minimum atomic E-state index is -0.330. The van der Waals surface area contributed by atoms with E-state index in [1.54, 1.807) is 12.1 Å². The van der Waals surface area contributed by atoms with Gasteiger partial charge in [-0.15, -0.1) is 0 Å². The van der Waals surface area contributed by atoms with Crippen molar-refractivity contribution in [2.45, 2.75) is 6.04 Å². The zero-order valence-corrected chi connectivity index (χ0v) is 10.3. The smallest absolute Gasteiger partial charge is 0.337 e. The molecule has 18 heavy (non-hydrogen) atoms. The molecule has 0 amide bonds. The van der Waals surface area contributed by atoms with Crippen LogP contribution in [0.2, 0.25) is 0 Å². The first-order chi connectivity index (χ1) is 8.79. The Morgan fingerprint density at radius 1 is 1.56 bits per heavy atom. The van der Waals surface area contributed by atoms with Gasteiger partial charge < -0.3 is 19.7 Å². The minimum absolute atomic E-state index is 0.330. The Kier molecular flexibility index (Phi) is 2.83. The first-order valence-corrected chi connectivity index (χ1v) is 6.12. The fraction of sp³-hybridized carbons (Fsp3) is 0.462. The van der Waals surface area contributed by atoms with Gasteiger partial charge in [-0.2, -0.15) is 0 Å². The summed E-state index contributed by atoms with van der Waals surface area (Å²) in [4.78, 5) is 13.8. The van der Waals surface area contributed by atoms with Gasteiger partial charge >= 0.3 is 5.97 Å². The highest BCUT2D eigenvalue weighted by molar-refractivity contribution is 5.90. The van der Waals surface area contributed by atoms with Gasteiger partial charge in [-0.1, -0.05) is 0 Å². The average molecular weight is 248 g/mol. The van der Waals surface area contributed by atoms with Crippen molar-refractivity contribution >= 4 is 11.7 Å². The fourth-order valence-electron chi connectivity index (χ4n) is 2.52. The van der Waals surface area contributed by atoms with Crippen LogP contribution in [0.15, 0.2) is 18.2 Å². The van der Waals surface area contributed by atoms with E-state index in [0.717, 1.165) is 31.1 Å². The van der Waals surface area contributed by atoms with Gasteiger partial charge in [0.2, 0.25) is 0 Å². The summed E-state index contributed by atoms with van der Waals surface area (Å²) in [5.41, 5.74) is 1.60. The van der Waals surface area contributed by atoms with E-state index >= 15 is 0 Å². The number of carbonyl (C=O) groups is 1. The molecule has 5 nitrogen and oxygen atoms in total. The van der Waals surface area contributed by atoms with Gasteiger partial charge in [0, 0.05) is 19.6 Å². The van der Waals surface area contributed by atoms with E-state index in [-0.39, 0.29) is 5.97 Å². The van der Waals surface area contributed by atoms with Gasteiger partial charge in [0.15, 0.2) is 0 Å². The van der Waals surface area contributed by atoms with Crippen molar-refractivity contribution in [2.24, 2.45) is 0 Å². The van der Waals surface area contributed by atoms with Crippen LogP contribution in [0.3, 0.4) is 0 Å². The molecular formula is C13H16N2O3. The van der Waals surface area contributed by atoms with Crippen molar-refractivity contribution in [1.82, 2.24) is 5.32 Å². The molecule has 1 N–H and O–H groups in total. The summed E-state index contributed by atoms with van der Waals surface area (Å²) < 4.78 is 10.5. The molecule has 3 rings (SSSR count). The second-order valence-corrected chi connectivity index (χ2v) is 4.54. The molecule has 0 unspecified atom stereocenters. The number of anilines is 1. The van der Waals surface area contributed by atoms with E-state index in [9.17, 15) is 4.79 Å². The number of carbonyl (C=O) groups excluding carboxylic acids is 1. The van der Waals surface area contributed by atoms with E-state index < -0.39 is 0 Å². The lowest BCUT2D eigenvalue weighted by Gasteiger charge is -2.41. The average Bonchev–Trinajstić information content (AvgIpc) is 2.45. The van der Waals surface area contributed by atoms with Gasteiger partial charge in [0.25, 0.3) is 0 Å². The number of benzene rings is 1. The van der Waals surface area contributed by atoms with Gasteiger partial charge in [-0.05, 0) is 18.2 Å². The Bertz CT molecular complexity index is 475. The van der Waals surface area contributed by atoms with E-state index in [4.69, 9.17) is 9.47 Å². The van der Waals surface area contributed by atoms with Crippen molar-refractivity contribution in [3.8, 4) is 5.75 Å². The number of methoxy groups -OCH3 is 1. The van der Waals surface area contributed by atoms with Crippen LogP contribution in [0.5, 0.6) is 5.75 Å². The van der Waals surface area contributed by atoms with Crippen LogP contribution in [-0.4, -0.2) is 45.4 Å². The normalized spacial score (nSPS) is 21.6. The number of nitrogens with one attached hydrogen (secondary N) is 1. The van der Waals surface area contributed by atoms with Crippen molar-refractivity contribution in [1.29, 1.82) is 0 Å². The second kappa shape index (κ2) is 4.49. The van der Waals surface area contributed by atoms with E-state index in [0.29, 0.717) is 18.2 Å². The van der Waals surface area contributed by atoms with E-state index in [1.807, 2.05) is 6.07 Å². The molecule has 0 radical (unpaired) electrons. The Morgan fingerprint density at radius 2 is 2.44 bits per heavy atom. The molecule has 0 bridgehead atoms. The highest BCUT2D eigenvalue weighted by Crippen LogP contribution is 2.35. The highest BCUT2D eigenvalue weighted by atomic mass is 16.5. The second-order valence-electron chi connectivity index (χ2n) is 4.54. The van der Waals surface area contributed by atoms with E-state index in [1.165, 1.54) is 7.11 Å². The molecule has 0 saturated carbocycles. The molecule has 1 aromatic rings. The number of hydrogen-bond donors (Lipinski definition) is 1. The largest absolute Gasteiger partial charge is 0.489 e. The lowest BCUT2D eigenvalue weighted by molar-refractivity contribution is 0.0600. The molecule has 2 aliphatic heterocycles. The van der Waals surface area contributed by atoms with Crippen LogP contribution in [0.25, 0.3) is 0 Å². The summed E-state index contributed by atoms with van der Waals surface area (Å²) in [6.07, 6.45) is 0. The summed E-state index contributed by atoms with van der Waals surface area (Å²) in [7, 11) is 1.38. The Morgan fingerprint density at radius 3 is 3.28 bits per heavy atom. The first kappa shape index (κ1) is 11.3. The number of nitrogens with zero attached hydrogens (tertiary/aromatic N) is 1. The monoisotopic (exact) mass is 248 g/mol. The van der Waals surface area contributed by atoms with Crippen molar-refractivity contribution in [2.75, 3.05) is 38.3 Å². The molecule has 5 heteroatoms. The number of fused-ring (bicyclic) bond motifs is 3. The summed E-state index contributed by atoms with van der Waals surface area (Å²) in [6.45, 7) is 3.55. The molecule has 1 fully saturated rings. The van der Waals surface area contributed by atoms with Crippen molar-refractivity contribution in [3.63, 3.8) is 0 Å². The predicted molar refractivity (Wildman–Crippen MR) is 67.3 cm³/mol. The van der Waals surface area contributed by atoms with Crippen LogP contribution in [0.4, 0.5) is 5.69 Å². The summed E-state index contributed by atoms with van der Waals surface area (Å²) in [5.74, 6) is 0.444. The third-order valence-corrected chi connectivity index (χ3v) is 3.47. The number of rotatable bonds is 1. The number of esters is 1. The third-order valence-electron chi connectivity index (χ3n) is 3.47. The van der Waals surface area contributed by atoms with Crippen LogP contribution >= 0.6 is 0 Å². The standard InChI is InChI=1S/C13H16N2O3/c1-17-13(16)9-2-3-11-12(6-9)18-8-10-7-14-4-5-15(10)11/h2-3,6,10,14H,4-5,7-8H2,1H3/t10-/m0/s1. The van der Waals surface area contributed by atoms with Gasteiger partial charge in [0.1, 0.15) is 12.4 Å². The van der Waals surface area contributed by atoms with E-state index in [2.05, 4.69) is 10.2 Å². The van der Waals surface area contributed by atoms with Crippen LogP contribution in [0.1, 0.15) is 10.4 Å². The first-order valence-electron chi connectivity index (χ1n) is 6.12. The Balaban J connectivity index is 1.93. The predicted octanol–water partition coefficient (Wildman–Crippen LogP) is 0.644. The maximum absolute atomic E-state index is 11.5. The number of piperazine rings is 1. The summed E-state index contributed by atoms with van der Waals surface area (Å²) >= 11 is 0. The zero-order chi connectivity index (χ0) is 12.5. The van der Waals surface area contributed by atoms with Gasteiger partial charge in [-0.3, -0.25) is 0 Å². The summed E-state index contributed by atoms with van der Waals surface area (Å²) in [5, 5.41) is 3.36. The fourth-order valence-corrected chi connectivity index (χ4v) is 2.52. The topological polar surface area (TPSA) is 50.8 Å². The van der Waals surface area contributed by atoms with Crippen LogP contribution < -0.4 is 15.0 Å². The van der Waals surface area contributed by atoms with Gasteiger partial charge in [-0.25, -0.2) is 4.79 Å².